The Kier molecular flexibility index (Phi) is 3.71. The van der Waals surface area contributed by atoms with Crippen LogP contribution >= 0.6 is 15.9 Å². The molecular weight excluding hydrogens is 238 g/mol. The van der Waals surface area contributed by atoms with E-state index in [1.54, 1.807) is 0 Å². The summed E-state index contributed by atoms with van der Waals surface area (Å²) in [4.78, 5) is 22.0. The Labute approximate surface area is 85.1 Å². The Morgan fingerprint density at radius 2 is 2.46 bits per heavy atom. The first kappa shape index (κ1) is 10.5. The number of methoxy groups -OCH3 is 1. The van der Waals surface area contributed by atoms with Crippen molar-refractivity contribution < 1.29 is 14.3 Å². The zero-order chi connectivity index (χ0) is 9.84. The quantitative estimate of drug-likeness (QED) is 0.448. The van der Waals surface area contributed by atoms with Gasteiger partial charge in [-0.3, -0.25) is 9.59 Å². The number of hydrogen-bond acceptors (Lipinski definition) is 3. The average molecular weight is 250 g/mol. The molecular formula is C8H12BrNO3. The number of halogens is 1. The second-order valence-corrected chi connectivity index (χ2v) is 4.23. The van der Waals surface area contributed by atoms with Crippen LogP contribution in [0.5, 0.6) is 0 Å². The monoisotopic (exact) mass is 249 g/mol. The minimum atomic E-state index is -0.251. The second-order valence-electron chi connectivity index (χ2n) is 3.12. The summed E-state index contributed by atoms with van der Waals surface area (Å²) in [6, 6.07) is 0. The van der Waals surface area contributed by atoms with E-state index in [1.807, 2.05) is 0 Å². The lowest BCUT2D eigenvalue weighted by Crippen LogP contribution is -2.39. The van der Waals surface area contributed by atoms with Gasteiger partial charge in [0.05, 0.1) is 12.1 Å². The van der Waals surface area contributed by atoms with Crippen LogP contribution in [0.2, 0.25) is 0 Å². The number of nitrogens with one attached hydrogen (secondary N) is 1. The minimum Gasteiger partial charge on any atom is -0.469 e. The van der Waals surface area contributed by atoms with Crippen molar-refractivity contribution in [1.82, 2.24) is 5.32 Å². The normalized spacial score (nSPS) is 28.0. The van der Waals surface area contributed by atoms with E-state index in [2.05, 4.69) is 26.0 Å². The number of piperidine rings is 1. The van der Waals surface area contributed by atoms with E-state index in [1.165, 1.54) is 7.11 Å². The van der Waals surface area contributed by atoms with Crippen molar-refractivity contribution in [3.8, 4) is 0 Å². The van der Waals surface area contributed by atoms with Crippen molar-refractivity contribution in [1.29, 1.82) is 0 Å². The summed E-state index contributed by atoms with van der Waals surface area (Å²) in [6.07, 6.45) is 1.52. The van der Waals surface area contributed by atoms with Crippen molar-refractivity contribution in [2.24, 2.45) is 5.92 Å². The molecule has 0 bridgehead atoms. The highest BCUT2D eigenvalue weighted by Crippen LogP contribution is 2.23. The van der Waals surface area contributed by atoms with Crippen LogP contribution in [0.3, 0.4) is 0 Å². The molecule has 4 nitrogen and oxygen atoms in total. The molecule has 0 radical (unpaired) electrons. The van der Waals surface area contributed by atoms with Gasteiger partial charge >= 0.3 is 5.97 Å². The van der Waals surface area contributed by atoms with E-state index in [0.29, 0.717) is 12.8 Å². The largest absolute Gasteiger partial charge is 0.469 e. The highest BCUT2D eigenvalue weighted by Gasteiger charge is 2.26. The van der Waals surface area contributed by atoms with Gasteiger partial charge in [-0.25, -0.2) is 0 Å². The van der Waals surface area contributed by atoms with E-state index in [0.717, 1.165) is 6.42 Å². The third-order valence-corrected chi connectivity index (χ3v) is 2.62. The minimum absolute atomic E-state index is 0.0107. The fourth-order valence-electron chi connectivity index (χ4n) is 1.41. The number of ether oxygens (including phenoxy) is 1. The van der Waals surface area contributed by atoms with Crippen LogP contribution in [0, 0.1) is 5.92 Å². The van der Waals surface area contributed by atoms with E-state index in [4.69, 9.17) is 0 Å². The lowest BCUT2D eigenvalue weighted by atomic mass is 9.94. The van der Waals surface area contributed by atoms with Gasteiger partial charge in [0, 0.05) is 12.8 Å². The van der Waals surface area contributed by atoms with Gasteiger partial charge in [-0.15, -0.1) is 0 Å². The molecule has 0 aromatic heterocycles. The first-order chi connectivity index (χ1) is 6.11. The maximum atomic E-state index is 11.1. The molecule has 0 spiro atoms. The van der Waals surface area contributed by atoms with E-state index < -0.39 is 0 Å². The smallest absolute Gasteiger partial charge is 0.305 e. The molecule has 0 aliphatic carbocycles. The van der Waals surface area contributed by atoms with Crippen molar-refractivity contribution >= 4 is 27.8 Å². The molecule has 0 aromatic carbocycles. The molecule has 1 saturated heterocycles. The van der Waals surface area contributed by atoms with Crippen molar-refractivity contribution in [2.45, 2.75) is 24.2 Å². The van der Waals surface area contributed by atoms with Gasteiger partial charge in [0.2, 0.25) is 5.91 Å². The zero-order valence-corrected chi connectivity index (χ0v) is 8.96. The molecule has 1 amide bonds. The summed E-state index contributed by atoms with van der Waals surface area (Å²) < 4.78 is 4.54. The van der Waals surface area contributed by atoms with Gasteiger partial charge in [-0.1, -0.05) is 15.9 Å². The molecule has 1 aliphatic rings. The lowest BCUT2D eigenvalue weighted by Gasteiger charge is -2.25. The Hall–Kier alpha value is -0.580. The summed E-state index contributed by atoms with van der Waals surface area (Å²) in [6.45, 7) is 0. The van der Waals surface area contributed by atoms with Gasteiger partial charge in [0.15, 0.2) is 0 Å². The van der Waals surface area contributed by atoms with Gasteiger partial charge in [0.25, 0.3) is 0 Å². The van der Waals surface area contributed by atoms with Gasteiger partial charge in [-0.05, 0) is 12.3 Å². The van der Waals surface area contributed by atoms with Crippen LogP contribution in [-0.4, -0.2) is 23.9 Å². The van der Waals surface area contributed by atoms with Gasteiger partial charge in [-0.2, -0.15) is 0 Å². The van der Waals surface area contributed by atoms with Crippen LogP contribution < -0.4 is 5.32 Å². The summed E-state index contributed by atoms with van der Waals surface area (Å²) in [7, 11) is 1.36. The molecule has 1 N–H and O–H groups in total. The zero-order valence-electron chi connectivity index (χ0n) is 7.38. The summed E-state index contributed by atoms with van der Waals surface area (Å²) in [5.41, 5.74) is 0. The first-order valence-electron chi connectivity index (χ1n) is 4.12. The van der Waals surface area contributed by atoms with Crippen molar-refractivity contribution in [3.63, 3.8) is 0 Å². The number of rotatable bonds is 2. The van der Waals surface area contributed by atoms with E-state index in [-0.39, 0.29) is 22.7 Å². The third-order valence-electron chi connectivity index (χ3n) is 2.01. The molecule has 0 aromatic rings. The fraction of sp³-hybridized carbons (Fsp3) is 0.750. The number of alkyl halides is 1. The third kappa shape index (κ3) is 3.34. The van der Waals surface area contributed by atoms with Gasteiger partial charge in [0.1, 0.15) is 0 Å². The lowest BCUT2D eigenvalue weighted by molar-refractivity contribution is -0.142. The number of amides is 1. The van der Waals surface area contributed by atoms with Crippen LogP contribution in [0.4, 0.5) is 0 Å². The van der Waals surface area contributed by atoms with E-state index >= 15 is 0 Å². The number of carbonyl (C=O) groups is 2. The molecule has 2 atom stereocenters. The predicted octanol–water partition coefficient (Wildman–Crippen LogP) is 0.797. The highest BCUT2D eigenvalue weighted by molar-refractivity contribution is 9.09. The molecule has 1 aliphatic heterocycles. The standard InChI is InChI=1S/C8H12BrNO3/c1-13-8(12)4-5-2-6(9)10-7(11)3-5/h5-6H,2-4H2,1H3,(H,10,11). The SMILES string of the molecule is COC(=O)CC1CC(=O)NC(Br)C1. The average Bonchev–Trinajstić information content (AvgIpc) is 2.02. The first-order valence-corrected chi connectivity index (χ1v) is 5.03. The maximum Gasteiger partial charge on any atom is 0.305 e. The molecule has 1 fully saturated rings. The summed E-state index contributed by atoms with van der Waals surface area (Å²) in [5.74, 6) is -0.160. The Bertz CT molecular complexity index is 219. The highest BCUT2D eigenvalue weighted by atomic mass is 79.9. The Morgan fingerprint density at radius 1 is 1.77 bits per heavy atom. The Balaban J connectivity index is 2.41. The molecule has 74 valence electrons. The molecule has 1 heterocycles. The van der Waals surface area contributed by atoms with E-state index in [9.17, 15) is 9.59 Å². The molecule has 13 heavy (non-hydrogen) atoms. The molecule has 0 saturated carbocycles. The fourth-order valence-corrected chi connectivity index (χ4v) is 2.19. The maximum absolute atomic E-state index is 11.1. The molecule has 5 heteroatoms. The number of hydrogen-bond donors (Lipinski definition) is 1. The van der Waals surface area contributed by atoms with Crippen LogP contribution in [-0.2, 0) is 14.3 Å². The summed E-state index contributed by atoms with van der Waals surface area (Å²) >= 11 is 3.30. The van der Waals surface area contributed by atoms with Crippen molar-refractivity contribution in [2.75, 3.05) is 7.11 Å². The van der Waals surface area contributed by atoms with Gasteiger partial charge < -0.3 is 10.1 Å². The van der Waals surface area contributed by atoms with Crippen LogP contribution in [0.1, 0.15) is 19.3 Å². The number of esters is 1. The summed E-state index contributed by atoms with van der Waals surface area (Å²) in [5, 5.41) is 2.73. The topological polar surface area (TPSA) is 55.4 Å². The molecule has 2 unspecified atom stereocenters. The number of carbonyl (C=O) groups excluding carboxylic acids is 2. The molecule has 1 rings (SSSR count). The Morgan fingerprint density at radius 3 is 3.00 bits per heavy atom. The van der Waals surface area contributed by atoms with Crippen LogP contribution in [0.15, 0.2) is 0 Å². The second kappa shape index (κ2) is 4.60. The van der Waals surface area contributed by atoms with Crippen molar-refractivity contribution in [3.05, 3.63) is 0 Å². The predicted molar refractivity (Wildman–Crippen MR) is 50.2 cm³/mol. The van der Waals surface area contributed by atoms with Crippen LogP contribution in [0.25, 0.3) is 0 Å².